The number of nitrogens with zero attached hydrogens (tertiary/aromatic N) is 3. The van der Waals surface area contributed by atoms with Crippen LogP contribution < -0.4 is 9.64 Å². The highest BCUT2D eigenvalue weighted by atomic mass is 32.2. The lowest BCUT2D eigenvalue weighted by atomic mass is 10.1. The summed E-state index contributed by atoms with van der Waals surface area (Å²) in [5, 5.41) is 0.569. The molecule has 0 radical (unpaired) electrons. The lowest BCUT2D eigenvalue weighted by Gasteiger charge is -2.20. The van der Waals surface area contributed by atoms with Crippen molar-refractivity contribution in [1.29, 1.82) is 0 Å². The van der Waals surface area contributed by atoms with E-state index in [0.29, 0.717) is 22.9 Å². The molecule has 0 saturated heterocycles. The maximum atomic E-state index is 13.4. The third-order valence-corrected chi connectivity index (χ3v) is 7.09. The summed E-state index contributed by atoms with van der Waals surface area (Å²) >= 11 is 1.42. The normalized spacial score (nSPS) is 11.4. The van der Waals surface area contributed by atoms with Crippen molar-refractivity contribution in [3.05, 3.63) is 78.1 Å². The lowest BCUT2D eigenvalue weighted by Crippen LogP contribution is -2.31. The number of methoxy groups -OCH3 is 1. The zero-order chi connectivity index (χ0) is 22.7. The number of para-hydroxylation sites is 1. The van der Waals surface area contributed by atoms with Gasteiger partial charge in [0.15, 0.2) is 15.0 Å². The number of sulfone groups is 1. The first-order valence-electron chi connectivity index (χ1n) is 9.77. The van der Waals surface area contributed by atoms with Crippen molar-refractivity contribution < 1.29 is 17.9 Å². The van der Waals surface area contributed by atoms with E-state index in [1.165, 1.54) is 23.5 Å². The van der Waals surface area contributed by atoms with E-state index in [4.69, 9.17) is 9.72 Å². The van der Waals surface area contributed by atoms with Crippen LogP contribution in [0.15, 0.2) is 71.9 Å². The van der Waals surface area contributed by atoms with Crippen LogP contribution in [0.3, 0.4) is 0 Å². The van der Waals surface area contributed by atoms with Gasteiger partial charge in [0.05, 0.1) is 29.7 Å². The maximum Gasteiger partial charge on any atom is 0.233 e. The van der Waals surface area contributed by atoms with E-state index in [-0.39, 0.29) is 17.2 Å². The average Bonchev–Trinajstić information content (AvgIpc) is 3.22. The topological polar surface area (TPSA) is 89.5 Å². The molecule has 0 bridgehead atoms. The summed E-state index contributed by atoms with van der Waals surface area (Å²) in [4.78, 5) is 24.0. The smallest absolute Gasteiger partial charge is 0.233 e. The van der Waals surface area contributed by atoms with E-state index < -0.39 is 9.84 Å². The molecule has 4 aromatic rings. The van der Waals surface area contributed by atoms with Crippen LogP contribution in [0.5, 0.6) is 5.75 Å². The molecule has 0 aliphatic rings. The number of carbonyl (C=O) groups excluding carboxylic acids is 1. The van der Waals surface area contributed by atoms with Crippen molar-refractivity contribution in [2.24, 2.45) is 0 Å². The van der Waals surface area contributed by atoms with Gasteiger partial charge in [-0.3, -0.25) is 14.7 Å². The van der Waals surface area contributed by atoms with Gasteiger partial charge < -0.3 is 4.74 Å². The van der Waals surface area contributed by atoms with Gasteiger partial charge in [0.25, 0.3) is 0 Å². The van der Waals surface area contributed by atoms with Crippen molar-refractivity contribution in [3.8, 4) is 5.75 Å². The third kappa shape index (κ3) is 4.79. The number of amides is 1. The van der Waals surface area contributed by atoms with Crippen LogP contribution in [0.1, 0.15) is 11.1 Å². The lowest BCUT2D eigenvalue weighted by molar-refractivity contribution is -0.118. The van der Waals surface area contributed by atoms with Crippen LogP contribution in [-0.4, -0.2) is 37.7 Å². The van der Waals surface area contributed by atoms with Crippen molar-refractivity contribution >= 4 is 42.4 Å². The molecule has 0 fully saturated rings. The van der Waals surface area contributed by atoms with Crippen molar-refractivity contribution in [3.63, 3.8) is 0 Å². The van der Waals surface area contributed by atoms with Crippen molar-refractivity contribution in [2.45, 2.75) is 17.9 Å². The highest BCUT2D eigenvalue weighted by Gasteiger charge is 2.22. The van der Waals surface area contributed by atoms with Crippen LogP contribution in [0.25, 0.3) is 10.2 Å². The molecule has 0 N–H and O–H groups in total. The minimum absolute atomic E-state index is 0.113. The molecule has 0 atom stereocenters. The van der Waals surface area contributed by atoms with Crippen LogP contribution in [0.2, 0.25) is 0 Å². The number of carbonyl (C=O) groups is 1. The van der Waals surface area contributed by atoms with E-state index >= 15 is 0 Å². The molecule has 32 heavy (non-hydrogen) atoms. The van der Waals surface area contributed by atoms with Gasteiger partial charge >= 0.3 is 0 Å². The summed E-state index contributed by atoms with van der Waals surface area (Å²) < 4.78 is 29.7. The predicted molar refractivity (Wildman–Crippen MR) is 125 cm³/mol. The Kier molecular flexibility index (Phi) is 6.20. The zero-order valence-corrected chi connectivity index (χ0v) is 19.2. The Hall–Kier alpha value is -3.30. The van der Waals surface area contributed by atoms with Crippen LogP contribution >= 0.6 is 11.3 Å². The molecule has 9 heteroatoms. The molecule has 1 amide bonds. The number of pyridine rings is 1. The van der Waals surface area contributed by atoms with Gasteiger partial charge in [-0.05, 0) is 47.5 Å². The van der Waals surface area contributed by atoms with Crippen molar-refractivity contribution in [2.75, 3.05) is 18.3 Å². The molecule has 0 unspecified atom stereocenters. The monoisotopic (exact) mass is 467 g/mol. The van der Waals surface area contributed by atoms with E-state index in [2.05, 4.69) is 4.98 Å². The van der Waals surface area contributed by atoms with Crippen LogP contribution in [-0.2, 0) is 27.6 Å². The summed E-state index contributed by atoms with van der Waals surface area (Å²) in [6.07, 6.45) is 4.64. The summed E-state index contributed by atoms with van der Waals surface area (Å²) in [6.45, 7) is 0.338. The number of aromatic nitrogens is 2. The quantitative estimate of drug-likeness (QED) is 0.410. The fraction of sp³-hybridized carbons (Fsp3) is 0.174. The van der Waals surface area contributed by atoms with E-state index in [1.54, 1.807) is 36.5 Å². The second-order valence-electron chi connectivity index (χ2n) is 7.23. The number of anilines is 1. The molecule has 2 heterocycles. The summed E-state index contributed by atoms with van der Waals surface area (Å²) in [5.74, 6) is 0.504. The first-order valence-corrected chi connectivity index (χ1v) is 12.5. The molecule has 164 valence electrons. The van der Waals surface area contributed by atoms with Gasteiger partial charge in [-0.1, -0.05) is 29.5 Å². The SMILES string of the molecule is COc1cccc2sc(N(Cc3ccncc3)C(=O)Cc3ccc(S(C)(=O)=O)cc3)nc12. The van der Waals surface area contributed by atoms with E-state index in [1.807, 2.05) is 30.3 Å². The van der Waals surface area contributed by atoms with Gasteiger partial charge in [-0.15, -0.1) is 0 Å². The molecule has 7 nitrogen and oxygen atoms in total. The predicted octanol–water partition coefficient (Wildman–Crippen LogP) is 3.88. The number of benzene rings is 2. The van der Waals surface area contributed by atoms with Crippen molar-refractivity contribution in [1.82, 2.24) is 9.97 Å². The first-order chi connectivity index (χ1) is 15.3. The number of thiazole rings is 1. The standard InChI is InChI=1S/C23H21N3O4S2/c1-30-19-4-3-5-20-22(19)25-23(31-20)26(15-17-10-12-24-13-11-17)21(27)14-16-6-8-18(9-7-16)32(2,28)29/h3-13H,14-15H2,1-2H3. The molecular weight excluding hydrogens is 446 g/mol. The number of hydrogen-bond acceptors (Lipinski definition) is 7. The van der Waals surface area contributed by atoms with Gasteiger partial charge in [-0.25, -0.2) is 13.4 Å². The van der Waals surface area contributed by atoms with E-state index in [0.717, 1.165) is 22.1 Å². The fourth-order valence-corrected chi connectivity index (χ4v) is 4.88. The summed E-state index contributed by atoms with van der Waals surface area (Å²) in [7, 11) is -1.70. The fourth-order valence-electron chi connectivity index (χ4n) is 3.25. The Morgan fingerprint density at radius 3 is 2.41 bits per heavy atom. The maximum absolute atomic E-state index is 13.4. The zero-order valence-electron chi connectivity index (χ0n) is 17.6. The third-order valence-electron chi connectivity index (χ3n) is 4.92. The van der Waals surface area contributed by atoms with Gasteiger partial charge in [0.2, 0.25) is 5.91 Å². The minimum atomic E-state index is -3.29. The Morgan fingerprint density at radius 2 is 1.75 bits per heavy atom. The molecule has 2 aromatic carbocycles. The molecule has 0 spiro atoms. The Bertz CT molecular complexity index is 1350. The molecule has 4 rings (SSSR count). The summed E-state index contributed by atoms with van der Waals surface area (Å²) in [6, 6.07) is 15.8. The largest absolute Gasteiger partial charge is 0.494 e. The number of rotatable bonds is 7. The number of hydrogen-bond donors (Lipinski definition) is 0. The Balaban J connectivity index is 1.67. The highest BCUT2D eigenvalue weighted by molar-refractivity contribution is 7.90. The molecule has 2 aromatic heterocycles. The summed E-state index contributed by atoms with van der Waals surface area (Å²) in [5.41, 5.74) is 2.35. The minimum Gasteiger partial charge on any atom is -0.494 e. The number of ether oxygens (including phenoxy) is 1. The second-order valence-corrected chi connectivity index (χ2v) is 10.3. The van der Waals surface area contributed by atoms with Gasteiger partial charge in [0, 0.05) is 18.6 Å². The first kappa shape index (κ1) is 21.9. The highest BCUT2D eigenvalue weighted by Crippen LogP contribution is 2.35. The average molecular weight is 468 g/mol. The molecule has 0 aliphatic carbocycles. The number of fused-ring (bicyclic) bond motifs is 1. The molecule has 0 aliphatic heterocycles. The second kappa shape index (κ2) is 9.05. The van der Waals surface area contributed by atoms with Crippen LogP contribution in [0.4, 0.5) is 5.13 Å². The Morgan fingerprint density at radius 1 is 1.03 bits per heavy atom. The van der Waals surface area contributed by atoms with E-state index in [9.17, 15) is 13.2 Å². The van der Waals surface area contributed by atoms with Crippen LogP contribution in [0, 0.1) is 0 Å². The molecule has 0 saturated carbocycles. The molecular formula is C23H21N3O4S2. The van der Waals surface area contributed by atoms with Gasteiger partial charge in [-0.2, -0.15) is 0 Å². The Labute approximate surface area is 190 Å². The van der Waals surface area contributed by atoms with Gasteiger partial charge in [0.1, 0.15) is 11.3 Å².